The number of allylic oxidation sites excluding steroid dienone is 1. The van der Waals surface area contributed by atoms with E-state index in [1.807, 2.05) is 18.2 Å². The summed E-state index contributed by atoms with van der Waals surface area (Å²) in [6.45, 7) is 6.50. The molecule has 0 saturated heterocycles. The summed E-state index contributed by atoms with van der Waals surface area (Å²) in [4.78, 5) is 0. The fraction of sp³-hybridized carbons (Fsp3) is 0.429. The molecule has 1 N–H and O–H groups in total. The Bertz CT molecular complexity index is 322. The summed E-state index contributed by atoms with van der Waals surface area (Å²) in [6.07, 6.45) is 3.11. The lowest BCUT2D eigenvalue weighted by molar-refractivity contribution is 0.160. The molecule has 1 aromatic carbocycles. The van der Waals surface area contributed by atoms with Crippen LogP contribution < -0.4 is 0 Å². The fourth-order valence-electron chi connectivity index (χ4n) is 1.70. The van der Waals surface area contributed by atoms with Gasteiger partial charge in [0.2, 0.25) is 0 Å². The lowest BCUT2D eigenvalue weighted by Crippen LogP contribution is -2.16. The van der Waals surface area contributed by atoms with E-state index >= 15 is 0 Å². The van der Waals surface area contributed by atoms with Gasteiger partial charge in [-0.1, -0.05) is 55.8 Å². The van der Waals surface area contributed by atoms with Crippen molar-refractivity contribution in [2.75, 3.05) is 6.61 Å². The average Bonchev–Trinajstić information content (AvgIpc) is 2.18. The van der Waals surface area contributed by atoms with Crippen molar-refractivity contribution in [1.82, 2.24) is 0 Å². The van der Waals surface area contributed by atoms with Gasteiger partial charge in [0, 0.05) is 6.61 Å². The fourth-order valence-corrected chi connectivity index (χ4v) is 1.70. The highest BCUT2D eigenvalue weighted by molar-refractivity contribution is 5.52. The predicted molar refractivity (Wildman–Crippen MR) is 65.6 cm³/mol. The third-order valence-corrected chi connectivity index (χ3v) is 2.40. The van der Waals surface area contributed by atoms with Crippen LogP contribution in [0.2, 0.25) is 0 Å². The van der Waals surface area contributed by atoms with E-state index in [1.165, 1.54) is 11.1 Å². The smallest absolute Gasteiger partial charge is 0.0485 e. The second-order valence-electron chi connectivity index (χ2n) is 4.90. The minimum Gasteiger partial charge on any atom is -0.396 e. The topological polar surface area (TPSA) is 20.2 Å². The van der Waals surface area contributed by atoms with Crippen molar-refractivity contribution in [3.63, 3.8) is 0 Å². The second-order valence-corrected chi connectivity index (χ2v) is 4.90. The van der Waals surface area contributed by atoms with Crippen molar-refractivity contribution < 1.29 is 5.11 Å². The van der Waals surface area contributed by atoms with Gasteiger partial charge in [-0.25, -0.2) is 0 Å². The lowest BCUT2D eigenvalue weighted by atomic mass is 9.86. The van der Waals surface area contributed by atoms with Gasteiger partial charge in [-0.3, -0.25) is 0 Å². The van der Waals surface area contributed by atoms with E-state index in [1.54, 1.807) is 0 Å². The van der Waals surface area contributed by atoms with Crippen LogP contribution in [0.5, 0.6) is 0 Å². The zero-order chi connectivity index (χ0) is 11.3. The summed E-state index contributed by atoms with van der Waals surface area (Å²) in [6, 6.07) is 10.3. The molecule has 0 saturated carbocycles. The number of hydrogen-bond acceptors (Lipinski definition) is 1. The molecule has 1 nitrogen and oxygen atoms in total. The summed E-state index contributed by atoms with van der Waals surface area (Å²) in [5, 5.41) is 9.18. The van der Waals surface area contributed by atoms with Crippen LogP contribution in [0, 0.1) is 5.41 Å². The quantitative estimate of drug-likeness (QED) is 0.796. The highest BCUT2D eigenvalue weighted by Crippen LogP contribution is 2.25. The Morgan fingerprint density at radius 2 is 1.87 bits per heavy atom. The first-order valence-electron chi connectivity index (χ1n) is 5.36. The Hall–Kier alpha value is -1.08. The summed E-state index contributed by atoms with van der Waals surface area (Å²) in [5.74, 6) is 0. The van der Waals surface area contributed by atoms with Crippen LogP contribution >= 0.6 is 0 Å². The van der Waals surface area contributed by atoms with E-state index in [9.17, 15) is 5.11 Å². The average molecular weight is 204 g/mol. The molecule has 0 aliphatic heterocycles. The van der Waals surface area contributed by atoms with Gasteiger partial charge in [0.25, 0.3) is 0 Å². The summed E-state index contributed by atoms with van der Waals surface area (Å²) >= 11 is 0. The van der Waals surface area contributed by atoms with Gasteiger partial charge in [-0.05, 0) is 24.3 Å². The maximum atomic E-state index is 9.18. The lowest BCUT2D eigenvalue weighted by Gasteiger charge is -2.21. The Labute approximate surface area is 92.5 Å². The molecule has 0 bridgehead atoms. The maximum absolute atomic E-state index is 9.18. The van der Waals surface area contributed by atoms with Crippen molar-refractivity contribution in [3.8, 4) is 0 Å². The van der Waals surface area contributed by atoms with E-state index in [-0.39, 0.29) is 12.0 Å². The zero-order valence-corrected chi connectivity index (χ0v) is 9.83. The number of hydrogen-bond donors (Lipinski definition) is 1. The third-order valence-electron chi connectivity index (χ3n) is 2.40. The SMILES string of the molecule is C/C(=C\c1ccccc1)CC(C)(C)CO. The van der Waals surface area contributed by atoms with Gasteiger partial charge >= 0.3 is 0 Å². The van der Waals surface area contributed by atoms with Crippen LogP contribution in [0.15, 0.2) is 35.9 Å². The first-order valence-corrected chi connectivity index (χ1v) is 5.36. The third kappa shape index (κ3) is 4.30. The molecule has 82 valence electrons. The number of rotatable bonds is 4. The minimum atomic E-state index is -0.0185. The van der Waals surface area contributed by atoms with Crippen molar-refractivity contribution in [1.29, 1.82) is 0 Å². The summed E-state index contributed by atoms with van der Waals surface area (Å²) in [5.41, 5.74) is 2.51. The van der Waals surface area contributed by atoms with Crippen molar-refractivity contribution in [2.24, 2.45) is 5.41 Å². The molecule has 0 unspecified atom stereocenters. The van der Waals surface area contributed by atoms with Gasteiger partial charge < -0.3 is 5.11 Å². The van der Waals surface area contributed by atoms with Crippen LogP contribution in [0.1, 0.15) is 32.8 Å². The van der Waals surface area contributed by atoms with Crippen molar-refractivity contribution in [2.45, 2.75) is 27.2 Å². The molecule has 1 heteroatoms. The monoisotopic (exact) mass is 204 g/mol. The molecule has 0 aromatic heterocycles. The minimum absolute atomic E-state index is 0.0185. The van der Waals surface area contributed by atoms with Crippen molar-refractivity contribution in [3.05, 3.63) is 41.5 Å². The maximum Gasteiger partial charge on any atom is 0.0485 e. The highest BCUT2D eigenvalue weighted by atomic mass is 16.3. The van der Waals surface area contributed by atoms with Crippen LogP contribution in [0.25, 0.3) is 6.08 Å². The van der Waals surface area contributed by atoms with E-state index in [0.717, 1.165) is 6.42 Å². The Balaban J connectivity index is 2.69. The van der Waals surface area contributed by atoms with Gasteiger partial charge in [-0.2, -0.15) is 0 Å². The molecule has 0 radical (unpaired) electrons. The van der Waals surface area contributed by atoms with Crippen LogP contribution in [0.3, 0.4) is 0 Å². The van der Waals surface area contributed by atoms with E-state index in [0.29, 0.717) is 0 Å². The number of aliphatic hydroxyl groups is 1. The number of aliphatic hydroxyl groups excluding tert-OH is 1. The number of benzene rings is 1. The van der Waals surface area contributed by atoms with Crippen LogP contribution in [-0.2, 0) is 0 Å². The molecular weight excluding hydrogens is 184 g/mol. The molecule has 1 aromatic rings. The Morgan fingerprint density at radius 1 is 1.27 bits per heavy atom. The summed E-state index contributed by atoms with van der Waals surface area (Å²) < 4.78 is 0. The van der Waals surface area contributed by atoms with Gasteiger partial charge in [0.15, 0.2) is 0 Å². The predicted octanol–water partition coefficient (Wildman–Crippen LogP) is 3.50. The van der Waals surface area contributed by atoms with Crippen LogP contribution in [-0.4, -0.2) is 11.7 Å². The molecule has 0 fully saturated rings. The largest absolute Gasteiger partial charge is 0.396 e. The van der Waals surface area contributed by atoms with Gasteiger partial charge in [0.1, 0.15) is 0 Å². The first kappa shape index (κ1) is 12.0. The molecule has 0 atom stereocenters. The molecule has 0 aliphatic carbocycles. The molecule has 0 aliphatic rings. The summed E-state index contributed by atoms with van der Waals surface area (Å²) in [7, 11) is 0. The Morgan fingerprint density at radius 3 is 2.40 bits per heavy atom. The van der Waals surface area contributed by atoms with Gasteiger partial charge in [0.05, 0.1) is 0 Å². The van der Waals surface area contributed by atoms with E-state index < -0.39 is 0 Å². The van der Waals surface area contributed by atoms with Crippen LogP contribution in [0.4, 0.5) is 0 Å². The standard InChI is InChI=1S/C14H20O/c1-12(10-14(2,3)11-15)9-13-7-5-4-6-8-13/h4-9,15H,10-11H2,1-3H3/b12-9+. The molecule has 15 heavy (non-hydrogen) atoms. The molecule has 0 heterocycles. The highest BCUT2D eigenvalue weighted by Gasteiger charge is 2.16. The van der Waals surface area contributed by atoms with Crippen molar-refractivity contribution >= 4 is 6.08 Å². The first-order chi connectivity index (χ1) is 7.03. The Kier molecular flexibility index (Phi) is 4.10. The molecule has 0 amide bonds. The molecule has 0 spiro atoms. The van der Waals surface area contributed by atoms with E-state index in [4.69, 9.17) is 0 Å². The normalized spacial score (nSPS) is 12.9. The van der Waals surface area contributed by atoms with E-state index in [2.05, 4.69) is 39.0 Å². The second kappa shape index (κ2) is 5.13. The van der Waals surface area contributed by atoms with Gasteiger partial charge in [-0.15, -0.1) is 0 Å². The molecular formula is C14H20O. The molecule has 1 rings (SSSR count). The zero-order valence-electron chi connectivity index (χ0n) is 9.83.